The fraction of sp³-hybridized carbons (Fsp3) is 0.625. The summed E-state index contributed by atoms with van der Waals surface area (Å²) in [5.41, 5.74) is 7.38. The number of nitrogens with two attached hydrogens (primary N) is 1. The molecule has 0 amide bonds. The van der Waals surface area contributed by atoms with E-state index in [0.717, 1.165) is 31.7 Å². The second-order valence-corrected chi connectivity index (χ2v) is 5.79. The Morgan fingerprint density at radius 2 is 2.16 bits per heavy atom. The van der Waals surface area contributed by atoms with Crippen molar-refractivity contribution >= 4 is 0 Å². The molecule has 3 heteroatoms. The van der Waals surface area contributed by atoms with Crippen LogP contribution >= 0.6 is 0 Å². The van der Waals surface area contributed by atoms with Crippen molar-refractivity contribution in [2.45, 2.75) is 38.8 Å². The van der Waals surface area contributed by atoms with Gasteiger partial charge in [0, 0.05) is 18.6 Å². The molecular weight excluding hydrogens is 236 g/mol. The van der Waals surface area contributed by atoms with Crippen LogP contribution in [0.2, 0.25) is 0 Å². The Labute approximate surface area is 116 Å². The van der Waals surface area contributed by atoms with E-state index in [4.69, 9.17) is 10.5 Å². The second kappa shape index (κ2) is 6.40. The number of nitrogens with zero attached hydrogens (tertiary/aromatic N) is 1. The minimum absolute atomic E-state index is 0.370. The Morgan fingerprint density at radius 3 is 2.84 bits per heavy atom. The zero-order valence-corrected chi connectivity index (χ0v) is 12.3. The normalized spacial score (nSPS) is 26.1. The van der Waals surface area contributed by atoms with E-state index in [1.54, 1.807) is 7.11 Å². The van der Waals surface area contributed by atoms with Gasteiger partial charge in [0.25, 0.3) is 0 Å². The topological polar surface area (TPSA) is 38.5 Å². The molecule has 1 heterocycles. The molecule has 3 nitrogen and oxygen atoms in total. The van der Waals surface area contributed by atoms with Crippen LogP contribution in [0.1, 0.15) is 25.8 Å². The van der Waals surface area contributed by atoms with Gasteiger partial charge in [0.1, 0.15) is 5.75 Å². The van der Waals surface area contributed by atoms with Crippen LogP contribution in [0, 0.1) is 5.92 Å². The largest absolute Gasteiger partial charge is 0.496 e. The molecule has 2 rings (SSSR count). The van der Waals surface area contributed by atoms with Crippen molar-refractivity contribution in [3.63, 3.8) is 0 Å². The van der Waals surface area contributed by atoms with Gasteiger partial charge in [0.05, 0.1) is 7.11 Å². The lowest BCUT2D eigenvalue weighted by molar-refractivity contribution is 0.123. The van der Waals surface area contributed by atoms with Gasteiger partial charge in [-0.2, -0.15) is 0 Å². The number of benzene rings is 1. The third-order valence-electron chi connectivity index (χ3n) is 4.33. The summed E-state index contributed by atoms with van der Waals surface area (Å²) in [4.78, 5) is 2.56. The van der Waals surface area contributed by atoms with Crippen molar-refractivity contribution < 1.29 is 4.74 Å². The Kier molecular flexibility index (Phi) is 4.83. The van der Waals surface area contributed by atoms with E-state index >= 15 is 0 Å². The van der Waals surface area contributed by atoms with Crippen LogP contribution in [0.3, 0.4) is 0 Å². The molecule has 1 aromatic rings. The molecule has 0 aromatic heterocycles. The monoisotopic (exact) mass is 262 g/mol. The summed E-state index contributed by atoms with van der Waals surface area (Å²) in [7, 11) is 1.74. The first-order chi connectivity index (χ1) is 9.11. The lowest BCUT2D eigenvalue weighted by atomic mass is 9.92. The van der Waals surface area contributed by atoms with E-state index in [2.05, 4.69) is 30.9 Å². The van der Waals surface area contributed by atoms with Gasteiger partial charge >= 0.3 is 0 Å². The zero-order valence-electron chi connectivity index (χ0n) is 12.3. The van der Waals surface area contributed by atoms with E-state index in [-0.39, 0.29) is 0 Å². The van der Waals surface area contributed by atoms with Gasteiger partial charge in [0.15, 0.2) is 0 Å². The summed E-state index contributed by atoms with van der Waals surface area (Å²) in [5, 5.41) is 0. The van der Waals surface area contributed by atoms with Crippen molar-refractivity contribution in [3.05, 3.63) is 29.8 Å². The third kappa shape index (κ3) is 3.48. The fourth-order valence-corrected chi connectivity index (χ4v) is 2.92. The molecule has 0 radical (unpaired) electrons. The number of hydrogen-bond donors (Lipinski definition) is 1. The van der Waals surface area contributed by atoms with Crippen LogP contribution in [0.25, 0.3) is 0 Å². The van der Waals surface area contributed by atoms with Crippen LogP contribution in [0.15, 0.2) is 24.3 Å². The zero-order chi connectivity index (χ0) is 13.8. The molecule has 2 N–H and O–H groups in total. The average molecular weight is 262 g/mol. The number of para-hydroxylation sites is 1. The van der Waals surface area contributed by atoms with Crippen molar-refractivity contribution in [3.8, 4) is 5.75 Å². The lowest BCUT2D eigenvalue weighted by Crippen LogP contribution is -2.49. The molecule has 3 unspecified atom stereocenters. The predicted octanol–water partition coefficient (Wildman–Crippen LogP) is 2.30. The average Bonchev–Trinajstić information content (AvgIpc) is 2.42. The summed E-state index contributed by atoms with van der Waals surface area (Å²) in [6.07, 6.45) is 2.14. The van der Waals surface area contributed by atoms with Gasteiger partial charge in [-0.15, -0.1) is 0 Å². The molecule has 0 aliphatic carbocycles. The molecule has 1 aliphatic heterocycles. The van der Waals surface area contributed by atoms with Gasteiger partial charge in [-0.3, -0.25) is 4.90 Å². The summed E-state index contributed by atoms with van der Waals surface area (Å²) < 4.78 is 5.43. The predicted molar refractivity (Wildman–Crippen MR) is 79.5 cm³/mol. The molecule has 0 saturated carbocycles. The molecule has 0 bridgehead atoms. The van der Waals surface area contributed by atoms with E-state index in [9.17, 15) is 0 Å². The fourth-order valence-electron chi connectivity index (χ4n) is 2.92. The molecule has 106 valence electrons. The summed E-state index contributed by atoms with van der Waals surface area (Å²) in [6, 6.07) is 9.21. The van der Waals surface area contributed by atoms with E-state index in [1.165, 1.54) is 5.56 Å². The van der Waals surface area contributed by atoms with Crippen LogP contribution in [0.5, 0.6) is 5.75 Å². The van der Waals surface area contributed by atoms with Gasteiger partial charge in [0.2, 0.25) is 0 Å². The number of hydrogen-bond acceptors (Lipinski definition) is 3. The Bertz CT molecular complexity index is 407. The minimum atomic E-state index is 0.370. The first-order valence-electron chi connectivity index (χ1n) is 7.23. The van der Waals surface area contributed by atoms with Crippen LogP contribution in [-0.4, -0.2) is 37.2 Å². The highest BCUT2D eigenvalue weighted by Gasteiger charge is 2.26. The van der Waals surface area contributed by atoms with E-state index in [1.807, 2.05) is 12.1 Å². The second-order valence-electron chi connectivity index (χ2n) is 5.79. The van der Waals surface area contributed by atoms with Gasteiger partial charge in [-0.05, 0) is 43.9 Å². The van der Waals surface area contributed by atoms with E-state index in [0.29, 0.717) is 18.0 Å². The van der Waals surface area contributed by atoms with Crippen molar-refractivity contribution in [1.82, 2.24) is 4.90 Å². The number of piperidine rings is 1. The van der Waals surface area contributed by atoms with Gasteiger partial charge in [-0.25, -0.2) is 0 Å². The molecule has 3 atom stereocenters. The maximum atomic E-state index is 6.09. The standard InChI is InChI=1S/C16H26N2O/c1-12-11-18(9-8-15(12)17)13(2)10-14-6-4-5-7-16(14)19-3/h4-7,12-13,15H,8-11,17H2,1-3H3. The minimum Gasteiger partial charge on any atom is -0.496 e. The maximum Gasteiger partial charge on any atom is 0.122 e. The highest BCUT2D eigenvalue weighted by molar-refractivity contribution is 5.33. The quantitative estimate of drug-likeness (QED) is 0.905. The Balaban J connectivity index is 1.99. The Hall–Kier alpha value is -1.06. The number of likely N-dealkylation sites (tertiary alicyclic amines) is 1. The SMILES string of the molecule is COc1ccccc1CC(C)N1CCC(N)C(C)C1. The Morgan fingerprint density at radius 1 is 1.42 bits per heavy atom. The molecule has 19 heavy (non-hydrogen) atoms. The number of rotatable bonds is 4. The van der Waals surface area contributed by atoms with Crippen LogP contribution in [-0.2, 0) is 6.42 Å². The lowest BCUT2D eigenvalue weighted by Gasteiger charge is -2.38. The van der Waals surface area contributed by atoms with Crippen molar-refractivity contribution in [2.24, 2.45) is 11.7 Å². The smallest absolute Gasteiger partial charge is 0.122 e. The van der Waals surface area contributed by atoms with Crippen molar-refractivity contribution in [1.29, 1.82) is 0 Å². The van der Waals surface area contributed by atoms with Crippen molar-refractivity contribution in [2.75, 3.05) is 20.2 Å². The summed E-state index contributed by atoms with van der Waals surface area (Å²) in [6.45, 7) is 6.78. The number of methoxy groups -OCH3 is 1. The van der Waals surface area contributed by atoms with Gasteiger partial charge < -0.3 is 10.5 Å². The third-order valence-corrected chi connectivity index (χ3v) is 4.33. The molecule has 1 saturated heterocycles. The van der Waals surface area contributed by atoms with Gasteiger partial charge in [-0.1, -0.05) is 25.1 Å². The first kappa shape index (κ1) is 14.4. The van der Waals surface area contributed by atoms with Crippen LogP contribution < -0.4 is 10.5 Å². The molecule has 1 aromatic carbocycles. The van der Waals surface area contributed by atoms with E-state index < -0.39 is 0 Å². The highest BCUT2D eigenvalue weighted by atomic mass is 16.5. The first-order valence-corrected chi connectivity index (χ1v) is 7.23. The molecule has 0 spiro atoms. The molecule has 1 aliphatic rings. The highest BCUT2D eigenvalue weighted by Crippen LogP contribution is 2.23. The number of ether oxygens (including phenoxy) is 1. The molecule has 1 fully saturated rings. The maximum absolute atomic E-state index is 6.09. The van der Waals surface area contributed by atoms with Crippen LogP contribution in [0.4, 0.5) is 0 Å². The molecular formula is C16H26N2O. The summed E-state index contributed by atoms with van der Waals surface area (Å²) in [5.74, 6) is 1.59. The summed E-state index contributed by atoms with van der Waals surface area (Å²) >= 11 is 0.